The Morgan fingerprint density at radius 1 is 0.963 bits per heavy atom. The van der Waals surface area contributed by atoms with E-state index >= 15 is 0 Å². The van der Waals surface area contributed by atoms with Crippen LogP contribution in [0.2, 0.25) is 0 Å². The number of hydrogen-bond donors (Lipinski definition) is 3. The molecular weight excluding hydrogens is 372 g/mol. The van der Waals surface area contributed by atoms with Gasteiger partial charge in [0.2, 0.25) is 4.75 Å². The highest BCUT2D eigenvalue weighted by Gasteiger charge is 2.56. The van der Waals surface area contributed by atoms with Gasteiger partial charge >= 0.3 is 11.9 Å². The molecule has 0 bridgehead atoms. The molecule has 2 atom stereocenters. The molecule has 0 aliphatic heterocycles. The van der Waals surface area contributed by atoms with Gasteiger partial charge in [-0.05, 0) is 6.42 Å². The van der Waals surface area contributed by atoms with Crippen molar-refractivity contribution in [3.05, 3.63) is 12.7 Å². The highest BCUT2D eigenvalue weighted by molar-refractivity contribution is 7.88. The van der Waals surface area contributed by atoms with Gasteiger partial charge in [-0.25, -0.2) is 0 Å². The van der Waals surface area contributed by atoms with Crippen molar-refractivity contribution < 1.29 is 32.8 Å². The lowest BCUT2D eigenvalue weighted by Crippen LogP contribution is -2.53. The van der Waals surface area contributed by atoms with Crippen LogP contribution in [0.25, 0.3) is 0 Å². The molecule has 0 aromatic carbocycles. The zero-order valence-corrected chi connectivity index (χ0v) is 17.0. The maximum absolute atomic E-state index is 11.8. The average molecular weight is 407 g/mol. The lowest BCUT2D eigenvalue weighted by atomic mass is 9.84. The van der Waals surface area contributed by atoms with Crippen LogP contribution in [-0.2, 0) is 19.7 Å². The zero-order valence-electron chi connectivity index (χ0n) is 16.2. The molecule has 0 aliphatic rings. The van der Waals surface area contributed by atoms with Crippen LogP contribution < -0.4 is 0 Å². The molecule has 7 nitrogen and oxygen atoms in total. The van der Waals surface area contributed by atoms with Crippen LogP contribution >= 0.6 is 0 Å². The summed E-state index contributed by atoms with van der Waals surface area (Å²) in [5.41, 5.74) is 0. The Morgan fingerprint density at radius 2 is 1.41 bits per heavy atom. The van der Waals surface area contributed by atoms with Gasteiger partial charge in [0.15, 0.2) is 0 Å². The molecule has 0 amide bonds. The fourth-order valence-corrected chi connectivity index (χ4v) is 4.50. The minimum Gasteiger partial charge on any atom is -0.481 e. The van der Waals surface area contributed by atoms with Crippen LogP contribution in [-0.4, -0.2) is 39.9 Å². The molecule has 3 N–H and O–H groups in total. The van der Waals surface area contributed by atoms with Gasteiger partial charge in [0, 0.05) is 5.92 Å². The predicted octanol–water partition coefficient (Wildman–Crippen LogP) is 4.29. The normalized spacial score (nSPS) is 15.0. The first-order chi connectivity index (χ1) is 12.6. The minimum absolute atomic E-state index is 0.138. The summed E-state index contributed by atoms with van der Waals surface area (Å²) in [5, 5.41) is 18.4. The summed E-state index contributed by atoms with van der Waals surface area (Å²) in [5.74, 6) is -4.66. The van der Waals surface area contributed by atoms with Gasteiger partial charge in [0.05, 0.1) is 6.42 Å². The van der Waals surface area contributed by atoms with Gasteiger partial charge < -0.3 is 10.2 Å². The van der Waals surface area contributed by atoms with Crippen LogP contribution in [0.15, 0.2) is 12.7 Å². The van der Waals surface area contributed by atoms with Gasteiger partial charge in [-0.1, -0.05) is 77.2 Å². The van der Waals surface area contributed by atoms with Crippen LogP contribution in [0.3, 0.4) is 0 Å². The summed E-state index contributed by atoms with van der Waals surface area (Å²) in [6.07, 6.45) is 10.7. The van der Waals surface area contributed by atoms with Gasteiger partial charge in [-0.15, -0.1) is 6.58 Å². The third kappa shape index (κ3) is 8.43. The highest BCUT2D eigenvalue weighted by atomic mass is 32.2. The smallest absolute Gasteiger partial charge is 0.328 e. The SMILES string of the molecule is C=CC(CCCCCCCCCCCC)C(CC(=O)O)(C(=O)O)S(=O)(=O)O. The molecule has 2 unspecified atom stereocenters. The van der Waals surface area contributed by atoms with Gasteiger partial charge in [-0.2, -0.15) is 8.42 Å². The van der Waals surface area contributed by atoms with Crippen molar-refractivity contribution in [2.75, 3.05) is 0 Å². The van der Waals surface area contributed by atoms with Crippen LogP contribution in [0.1, 0.15) is 84.0 Å². The molecule has 0 saturated heterocycles. The van der Waals surface area contributed by atoms with E-state index in [0.29, 0.717) is 6.42 Å². The van der Waals surface area contributed by atoms with Gasteiger partial charge in [0.1, 0.15) is 0 Å². The van der Waals surface area contributed by atoms with Crippen molar-refractivity contribution >= 4 is 22.1 Å². The molecule has 0 aliphatic carbocycles. The van der Waals surface area contributed by atoms with Crippen molar-refractivity contribution in [2.24, 2.45) is 5.92 Å². The molecule has 0 aromatic rings. The number of hydrogen-bond acceptors (Lipinski definition) is 4. The van der Waals surface area contributed by atoms with Crippen LogP contribution in [0, 0.1) is 5.92 Å². The molecule has 0 saturated carbocycles. The summed E-state index contributed by atoms with van der Waals surface area (Å²) in [6.45, 7) is 5.64. The van der Waals surface area contributed by atoms with E-state index in [2.05, 4.69) is 13.5 Å². The van der Waals surface area contributed by atoms with Crippen LogP contribution in [0.5, 0.6) is 0 Å². The van der Waals surface area contributed by atoms with E-state index in [4.69, 9.17) is 5.11 Å². The summed E-state index contributed by atoms with van der Waals surface area (Å²) >= 11 is 0. The Balaban J connectivity index is 4.63. The number of carbonyl (C=O) groups is 2. The summed E-state index contributed by atoms with van der Waals surface area (Å²) in [6, 6.07) is 0. The first-order valence-corrected chi connectivity index (χ1v) is 11.1. The highest BCUT2D eigenvalue weighted by Crippen LogP contribution is 2.35. The third-order valence-corrected chi connectivity index (χ3v) is 6.53. The Bertz CT molecular complexity index is 571. The molecular formula is C19H34O7S. The number of carboxylic acids is 2. The second-order valence-electron chi connectivity index (χ2n) is 7.05. The predicted molar refractivity (Wildman–Crippen MR) is 104 cm³/mol. The number of unbranched alkanes of at least 4 members (excludes halogenated alkanes) is 9. The standard InChI is InChI=1S/C19H34O7S/c1-3-5-6-7-8-9-10-11-12-13-14-16(4-2)19(18(22)23,15-17(20)21)27(24,25)26/h4,16H,2-3,5-15H2,1H3,(H,20,21)(H,22,23)(H,24,25,26). The van der Waals surface area contributed by atoms with Crippen molar-refractivity contribution in [3.8, 4) is 0 Å². The first kappa shape index (κ1) is 25.6. The summed E-state index contributed by atoms with van der Waals surface area (Å²) in [7, 11) is -5.15. The fraction of sp³-hybridized carbons (Fsp3) is 0.789. The van der Waals surface area contributed by atoms with Crippen molar-refractivity contribution in [2.45, 2.75) is 88.7 Å². The monoisotopic (exact) mass is 406 g/mol. The van der Waals surface area contributed by atoms with E-state index in [0.717, 1.165) is 31.8 Å². The lowest BCUT2D eigenvalue weighted by molar-refractivity contribution is -0.148. The third-order valence-electron chi connectivity index (χ3n) is 4.99. The molecule has 27 heavy (non-hydrogen) atoms. The molecule has 8 heteroatoms. The van der Waals surface area contributed by atoms with E-state index in [9.17, 15) is 27.7 Å². The van der Waals surface area contributed by atoms with Gasteiger partial charge in [-0.3, -0.25) is 14.1 Å². The maximum atomic E-state index is 11.8. The molecule has 158 valence electrons. The topological polar surface area (TPSA) is 129 Å². The van der Waals surface area contributed by atoms with E-state index in [1.165, 1.54) is 32.1 Å². The van der Waals surface area contributed by atoms with E-state index < -0.39 is 39.1 Å². The molecule has 0 radical (unpaired) electrons. The summed E-state index contributed by atoms with van der Waals surface area (Å²) < 4.78 is 30.2. The molecule has 0 spiro atoms. The first-order valence-electron chi connectivity index (χ1n) is 9.68. The summed E-state index contributed by atoms with van der Waals surface area (Å²) in [4.78, 5) is 22.7. The zero-order chi connectivity index (χ0) is 20.9. The van der Waals surface area contributed by atoms with E-state index in [-0.39, 0.29) is 6.42 Å². The molecule has 0 aromatic heterocycles. The number of carboxylic acid groups (broad SMARTS) is 2. The second-order valence-corrected chi connectivity index (χ2v) is 8.73. The number of allylic oxidation sites excluding steroid dienone is 1. The van der Waals surface area contributed by atoms with Crippen molar-refractivity contribution in [3.63, 3.8) is 0 Å². The Morgan fingerprint density at radius 3 is 1.74 bits per heavy atom. The van der Waals surface area contributed by atoms with Crippen LogP contribution in [0.4, 0.5) is 0 Å². The van der Waals surface area contributed by atoms with Gasteiger partial charge in [0.25, 0.3) is 10.1 Å². The Hall–Kier alpha value is -1.41. The number of aliphatic carboxylic acids is 2. The van der Waals surface area contributed by atoms with E-state index in [1.807, 2.05) is 0 Å². The largest absolute Gasteiger partial charge is 0.481 e. The fourth-order valence-electron chi connectivity index (χ4n) is 3.38. The molecule has 0 fully saturated rings. The second kappa shape index (κ2) is 12.9. The Kier molecular flexibility index (Phi) is 12.2. The average Bonchev–Trinajstić information content (AvgIpc) is 2.56. The van der Waals surface area contributed by atoms with Crippen molar-refractivity contribution in [1.29, 1.82) is 0 Å². The van der Waals surface area contributed by atoms with Crippen molar-refractivity contribution in [1.82, 2.24) is 0 Å². The lowest BCUT2D eigenvalue weighted by Gasteiger charge is -2.31. The quantitative estimate of drug-likeness (QED) is 0.187. The Labute approximate surface area is 162 Å². The maximum Gasteiger partial charge on any atom is 0.328 e. The molecule has 0 heterocycles. The number of rotatable bonds is 17. The van der Waals surface area contributed by atoms with E-state index in [1.54, 1.807) is 0 Å². The minimum atomic E-state index is -5.15. The molecule has 0 rings (SSSR count).